The Morgan fingerprint density at radius 1 is 0.250 bits per heavy atom. The fourth-order valence-electron chi connectivity index (χ4n) is 0. The van der Waals surface area contributed by atoms with Gasteiger partial charge in [0.05, 0.1) is 0 Å². The quantitative estimate of drug-likeness (QED) is 0.349. The van der Waals surface area contributed by atoms with Crippen molar-refractivity contribution in [2.75, 3.05) is 0 Å². The van der Waals surface area contributed by atoms with Crippen molar-refractivity contribution in [1.29, 1.82) is 0 Å². The van der Waals surface area contributed by atoms with Crippen molar-refractivity contribution in [3.8, 4) is 0 Å². The van der Waals surface area contributed by atoms with Crippen LogP contribution in [0, 0.1) is 0 Å². The second-order valence-corrected chi connectivity index (χ2v) is 0. The summed E-state index contributed by atoms with van der Waals surface area (Å²) in [5.74, 6) is 0. The smallest absolute Gasteiger partial charge is 0 e. The minimum atomic E-state index is 0. The van der Waals surface area contributed by atoms with Crippen LogP contribution in [0.2, 0.25) is 0 Å². The van der Waals surface area contributed by atoms with Crippen molar-refractivity contribution in [2.24, 2.45) is 0 Å². The number of hydrogen-bond donors (Lipinski definition) is 0. The van der Waals surface area contributed by atoms with Crippen LogP contribution in [0.4, 0.5) is 0 Å². The molecule has 0 aromatic carbocycles. The van der Waals surface area contributed by atoms with E-state index in [9.17, 15) is 0 Å². The maximum Gasteiger partial charge on any atom is 0 e. The maximum absolute atomic E-state index is 0. The van der Waals surface area contributed by atoms with E-state index in [1.807, 2.05) is 0 Å². The zero-order chi connectivity index (χ0) is 0. The van der Waals surface area contributed by atoms with E-state index < -0.39 is 0 Å². The summed E-state index contributed by atoms with van der Waals surface area (Å²) in [6.07, 6.45) is 0. The van der Waals surface area contributed by atoms with E-state index in [1.54, 1.807) is 0 Å². The molecule has 0 saturated carbocycles. The molecular weight excluding hydrogens is 955 g/mol. The van der Waals surface area contributed by atoms with Crippen molar-refractivity contribution in [3.05, 3.63) is 0 Å². The van der Waals surface area contributed by atoms with E-state index in [-0.39, 0.29) is 128 Å². The molecule has 0 amide bonds. The van der Waals surface area contributed by atoms with Gasteiger partial charge in [-0.25, -0.2) is 0 Å². The van der Waals surface area contributed by atoms with Crippen LogP contribution in [0.25, 0.3) is 0 Å². The van der Waals surface area contributed by atoms with Gasteiger partial charge in [0.15, 0.2) is 0 Å². The molecule has 0 N–H and O–H groups in total. The van der Waals surface area contributed by atoms with E-state index in [0.29, 0.717) is 0 Å². The summed E-state index contributed by atoms with van der Waals surface area (Å²) in [6, 6.07) is 0. The molecule has 0 aliphatic heterocycles. The third-order valence-corrected chi connectivity index (χ3v) is 0. The van der Waals surface area contributed by atoms with Gasteiger partial charge in [0.25, 0.3) is 0 Å². The van der Waals surface area contributed by atoms with E-state index in [0.717, 1.165) is 0 Å². The molecule has 0 heterocycles. The monoisotopic (exact) mass is 968 g/mol. The van der Waals surface area contributed by atoms with E-state index in [1.165, 1.54) is 0 Å². The third kappa shape index (κ3) is 56.8. The Kier molecular flexibility index (Phi) is 1030. The first-order chi connectivity index (χ1) is 0. The molecule has 0 aliphatic rings. The van der Waals surface area contributed by atoms with Gasteiger partial charge in [-0.05, 0) is 0 Å². The third-order valence-electron chi connectivity index (χ3n) is 0. The molecule has 0 spiro atoms. The molecular formula is C3H12W5. The van der Waals surface area contributed by atoms with Crippen LogP contribution >= 0.6 is 0 Å². The van der Waals surface area contributed by atoms with E-state index in [4.69, 9.17) is 0 Å². The van der Waals surface area contributed by atoms with Gasteiger partial charge >= 0.3 is 0 Å². The Morgan fingerprint density at radius 3 is 0.250 bits per heavy atom. The van der Waals surface area contributed by atoms with Gasteiger partial charge in [-0.1, -0.05) is 22.3 Å². The molecule has 0 aromatic heterocycles. The zero-order valence-corrected chi connectivity index (χ0v) is 16.7. The average molecular weight is 967 g/mol. The summed E-state index contributed by atoms with van der Waals surface area (Å²) < 4.78 is 0. The van der Waals surface area contributed by atoms with Crippen molar-refractivity contribution < 1.29 is 105 Å². The van der Waals surface area contributed by atoms with Crippen LogP contribution in [0.15, 0.2) is 0 Å². The molecule has 0 aromatic rings. The summed E-state index contributed by atoms with van der Waals surface area (Å²) in [5, 5.41) is 0. The van der Waals surface area contributed by atoms with Crippen molar-refractivity contribution >= 4 is 0 Å². The molecule has 0 nitrogen and oxygen atoms in total. The molecule has 0 bridgehead atoms. The number of hydrogen-bond acceptors (Lipinski definition) is 0. The molecule has 0 fully saturated rings. The minimum absolute atomic E-state index is 0. The van der Waals surface area contributed by atoms with Crippen LogP contribution in [-0.2, 0) is 105 Å². The first kappa shape index (κ1) is 105. The molecule has 0 unspecified atom stereocenters. The first-order valence-corrected chi connectivity index (χ1v) is 0. The van der Waals surface area contributed by atoms with Gasteiger partial charge in [0.2, 0.25) is 0 Å². The largest absolute Gasteiger partial charge is 0.0776 e. The predicted octanol–water partition coefficient (Wildman–Crippen LogP) is 1.90. The van der Waals surface area contributed by atoms with Crippen molar-refractivity contribution in [2.45, 2.75) is 22.3 Å². The summed E-state index contributed by atoms with van der Waals surface area (Å²) in [6.45, 7) is 0. The van der Waals surface area contributed by atoms with Crippen LogP contribution < -0.4 is 0 Å². The van der Waals surface area contributed by atoms with Gasteiger partial charge in [-0.15, -0.1) is 0 Å². The Balaban J connectivity index is 0. The van der Waals surface area contributed by atoms with E-state index >= 15 is 0 Å². The van der Waals surface area contributed by atoms with Gasteiger partial charge in [0.1, 0.15) is 0 Å². The van der Waals surface area contributed by atoms with Crippen LogP contribution in [-0.4, -0.2) is 0 Å². The molecule has 0 atom stereocenters. The Bertz CT molecular complexity index is 7.64. The fraction of sp³-hybridized carbons (Fsp3) is 1.00. The van der Waals surface area contributed by atoms with Gasteiger partial charge in [0, 0.05) is 105 Å². The van der Waals surface area contributed by atoms with Gasteiger partial charge in [-0.2, -0.15) is 0 Å². The summed E-state index contributed by atoms with van der Waals surface area (Å²) in [7, 11) is 0. The van der Waals surface area contributed by atoms with Crippen molar-refractivity contribution in [1.82, 2.24) is 0 Å². The topological polar surface area (TPSA) is 0 Å². The normalized spacial score (nSPS) is 0. The molecule has 5 heteroatoms. The van der Waals surface area contributed by atoms with E-state index in [2.05, 4.69) is 0 Å². The summed E-state index contributed by atoms with van der Waals surface area (Å²) >= 11 is 0. The molecule has 0 saturated heterocycles. The van der Waals surface area contributed by atoms with Crippen LogP contribution in [0.5, 0.6) is 0 Å². The Morgan fingerprint density at radius 2 is 0.250 bits per heavy atom. The molecule has 54 valence electrons. The van der Waals surface area contributed by atoms with Gasteiger partial charge < -0.3 is 0 Å². The Labute approximate surface area is 125 Å². The zero-order valence-electron chi connectivity index (χ0n) is 2.04. The Hall–Kier alpha value is 3.44. The summed E-state index contributed by atoms with van der Waals surface area (Å²) in [5.41, 5.74) is 0. The maximum atomic E-state index is 0. The molecule has 0 radical (unpaired) electrons. The minimum Gasteiger partial charge on any atom is -0.0776 e. The molecule has 8 heavy (non-hydrogen) atoms. The molecule has 0 rings (SSSR count). The van der Waals surface area contributed by atoms with Crippen LogP contribution in [0.1, 0.15) is 22.3 Å². The standard InChI is InChI=1S/3CH4.5W/h3*1H4;;;;;. The second-order valence-electron chi connectivity index (χ2n) is 0. The average Bonchev–Trinajstić information content (AvgIpc) is 0. The molecule has 0 aliphatic carbocycles. The predicted molar refractivity (Wildman–Crippen MR) is 20.2 cm³/mol. The second kappa shape index (κ2) is 78.6. The SMILES string of the molecule is C.C.C.[W].[W].[W].[W].[W]. The van der Waals surface area contributed by atoms with Gasteiger partial charge in [-0.3, -0.25) is 0 Å². The first-order valence-electron chi connectivity index (χ1n) is 0. The fourth-order valence-corrected chi connectivity index (χ4v) is 0. The number of rotatable bonds is 0. The van der Waals surface area contributed by atoms with Crippen LogP contribution in [0.3, 0.4) is 0 Å². The summed E-state index contributed by atoms with van der Waals surface area (Å²) in [4.78, 5) is 0. The van der Waals surface area contributed by atoms with Crippen molar-refractivity contribution in [3.63, 3.8) is 0 Å².